The number of ether oxygens (including phenoxy) is 1. The van der Waals surface area contributed by atoms with Gasteiger partial charge in [0.1, 0.15) is 11.1 Å². The second kappa shape index (κ2) is 18.1. The van der Waals surface area contributed by atoms with Crippen LogP contribution in [0.2, 0.25) is 0 Å². The van der Waals surface area contributed by atoms with E-state index in [9.17, 15) is 26.8 Å². The summed E-state index contributed by atoms with van der Waals surface area (Å²) < 4.78 is 73.8. The number of sulfone groups is 1. The number of hydrogen-bond donors (Lipinski definition) is 0. The van der Waals surface area contributed by atoms with Gasteiger partial charge in [-0.3, -0.25) is 14.5 Å². The van der Waals surface area contributed by atoms with Crippen LogP contribution in [0.4, 0.5) is 18.9 Å². The molecule has 328 valence electrons. The minimum Gasteiger partial charge on any atom is -0.469 e. The number of amides is 1. The van der Waals surface area contributed by atoms with Crippen molar-refractivity contribution in [3.63, 3.8) is 0 Å². The highest BCUT2D eigenvalue weighted by Crippen LogP contribution is 2.54. The van der Waals surface area contributed by atoms with E-state index >= 15 is 4.39 Å². The molecule has 5 aliphatic heterocycles. The summed E-state index contributed by atoms with van der Waals surface area (Å²) in [6.07, 6.45) is 9.56. The number of halogens is 3. The third-order valence-electron chi connectivity index (χ3n) is 14.9. The Morgan fingerprint density at radius 1 is 0.867 bits per heavy atom. The van der Waals surface area contributed by atoms with Gasteiger partial charge in [-0.2, -0.15) is 0 Å². The molecule has 6 fully saturated rings. The fourth-order valence-electron chi connectivity index (χ4n) is 11.3. The molecule has 0 radical (unpaired) electrons. The maximum Gasteiger partial charge on any atom is 0.305 e. The average Bonchev–Trinajstić information content (AvgIpc) is 3.64. The molecule has 5 saturated heterocycles. The number of carbonyl (C=O) groups is 2. The standard InChI is InChI=1S/C46H62F3N5O5S/c1-59-44(56)26-35-6-2-9-42(35)46(33-52-20-5-21-52,37-7-3-8-38(47)27-37)36-15-22-51(23-16-36)28-34-29-53(30-34)39-11-13-40(14-12-39)60(57,58)41-31-54(32-41)43(55)10-4-19-50-24-17-45(48,49)18-25-50/h3-4,7-8,10-14,27,34-36,41-42H,2,5-6,9,15-26,28-33H2,1H3/b10-4+/t35-,42+,46+/m1/s1. The third-order valence-corrected chi connectivity index (χ3v) is 17.0. The zero-order valence-corrected chi connectivity index (χ0v) is 35.9. The van der Waals surface area contributed by atoms with Crippen LogP contribution in [0.25, 0.3) is 0 Å². The van der Waals surface area contributed by atoms with E-state index in [0.29, 0.717) is 24.8 Å². The molecule has 14 heteroatoms. The van der Waals surface area contributed by atoms with Gasteiger partial charge in [0.25, 0.3) is 5.92 Å². The highest BCUT2D eigenvalue weighted by molar-refractivity contribution is 7.92. The fraction of sp³-hybridized carbons (Fsp3) is 0.652. The summed E-state index contributed by atoms with van der Waals surface area (Å²) in [6.45, 7) is 9.10. The second-order valence-electron chi connectivity index (χ2n) is 18.6. The SMILES string of the molecule is COC(=O)C[C@H]1CCC[C@@H]1[C@](CN1CCC1)(c1cccc(F)c1)C1CCN(CC2CN(c3ccc(S(=O)(=O)C4CN(C(=O)/C=C/CN5CCC(F)(F)CC5)C4)cc3)C2)CC1. The number of hydrogen-bond acceptors (Lipinski definition) is 9. The lowest BCUT2D eigenvalue weighted by Gasteiger charge is -2.54. The molecule has 3 atom stereocenters. The molecule has 0 unspecified atom stereocenters. The van der Waals surface area contributed by atoms with Gasteiger partial charge in [0.05, 0.1) is 12.0 Å². The Labute approximate surface area is 354 Å². The lowest BCUT2D eigenvalue weighted by atomic mass is 9.56. The number of likely N-dealkylation sites (tertiary alicyclic amines) is 4. The highest BCUT2D eigenvalue weighted by Gasteiger charge is 2.53. The first-order chi connectivity index (χ1) is 28.8. The van der Waals surface area contributed by atoms with Crippen LogP contribution in [0.15, 0.2) is 65.6 Å². The van der Waals surface area contributed by atoms with Crippen LogP contribution in [-0.4, -0.2) is 143 Å². The Morgan fingerprint density at radius 3 is 2.23 bits per heavy atom. The van der Waals surface area contributed by atoms with E-state index in [-0.39, 0.29) is 78.9 Å². The van der Waals surface area contributed by atoms with Gasteiger partial charge in [-0.25, -0.2) is 21.6 Å². The predicted molar refractivity (Wildman–Crippen MR) is 225 cm³/mol. The van der Waals surface area contributed by atoms with Crippen molar-refractivity contribution >= 4 is 27.4 Å². The summed E-state index contributed by atoms with van der Waals surface area (Å²) >= 11 is 0. The predicted octanol–water partition coefficient (Wildman–Crippen LogP) is 5.87. The molecule has 6 aliphatic rings. The van der Waals surface area contributed by atoms with Crippen molar-refractivity contribution in [3.05, 3.63) is 72.1 Å². The molecule has 0 spiro atoms. The minimum absolute atomic E-state index is 0.134. The zero-order chi connectivity index (χ0) is 42.1. The molecule has 5 heterocycles. The first-order valence-electron chi connectivity index (χ1n) is 22.2. The molecule has 1 aliphatic carbocycles. The van der Waals surface area contributed by atoms with Crippen molar-refractivity contribution in [1.29, 1.82) is 0 Å². The molecule has 1 amide bonds. The van der Waals surface area contributed by atoms with E-state index in [1.54, 1.807) is 30.3 Å². The van der Waals surface area contributed by atoms with Crippen molar-refractivity contribution in [2.45, 2.75) is 79.3 Å². The van der Waals surface area contributed by atoms with Crippen LogP contribution in [0.1, 0.15) is 63.4 Å². The normalized spacial score (nSPS) is 26.1. The van der Waals surface area contributed by atoms with Crippen molar-refractivity contribution in [3.8, 4) is 0 Å². The van der Waals surface area contributed by atoms with E-state index in [2.05, 4.69) is 20.8 Å². The highest BCUT2D eigenvalue weighted by atomic mass is 32.2. The van der Waals surface area contributed by atoms with Crippen molar-refractivity contribution in [2.24, 2.45) is 23.7 Å². The maximum absolute atomic E-state index is 15.0. The van der Waals surface area contributed by atoms with Crippen LogP contribution in [0.3, 0.4) is 0 Å². The van der Waals surface area contributed by atoms with Gasteiger partial charge in [-0.1, -0.05) is 24.6 Å². The average molecular weight is 854 g/mol. The van der Waals surface area contributed by atoms with Gasteiger partial charge in [-0.15, -0.1) is 0 Å². The summed E-state index contributed by atoms with van der Waals surface area (Å²) in [5, 5.41) is -0.656. The number of nitrogens with zero attached hydrogens (tertiary/aromatic N) is 5. The number of carbonyl (C=O) groups excluding carboxylic acids is 2. The monoisotopic (exact) mass is 853 g/mol. The summed E-state index contributed by atoms with van der Waals surface area (Å²) in [5.74, 6) is -1.81. The van der Waals surface area contributed by atoms with Gasteiger partial charge >= 0.3 is 5.97 Å². The Morgan fingerprint density at radius 2 is 1.58 bits per heavy atom. The number of rotatable bonds is 15. The first kappa shape index (κ1) is 43.2. The summed E-state index contributed by atoms with van der Waals surface area (Å²) in [6, 6.07) is 14.5. The van der Waals surface area contributed by atoms with E-state index < -0.39 is 21.0 Å². The molecule has 0 N–H and O–H groups in total. The molecule has 10 nitrogen and oxygen atoms in total. The zero-order valence-electron chi connectivity index (χ0n) is 35.0. The number of benzene rings is 2. The van der Waals surface area contributed by atoms with E-state index in [1.807, 2.05) is 23.1 Å². The fourth-order valence-corrected chi connectivity index (χ4v) is 12.9. The van der Waals surface area contributed by atoms with Crippen LogP contribution < -0.4 is 4.90 Å². The molecule has 0 aromatic heterocycles. The van der Waals surface area contributed by atoms with Crippen LogP contribution in [0, 0.1) is 29.5 Å². The molecule has 2 aromatic carbocycles. The first-order valence-corrected chi connectivity index (χ1v) is 23.8. The van der Waals surface area contributed by atoms with E-state index in [0.717, 1.165) is 95.7 Å². The number of esters is 1. The lowest BCUT2D eigenvalue weighted by molar-refractivity contribution is -0.142. The lowest BCUT2D eigenvalue weighted by Crippen LogP contribution is -2.58. The van der Waals surface area contributed by atoms with E-state index in [4.69, 9.17) is 4.74 Å². The molecule has 1 saturated carbocycles. The van der Waals surface area contributed by atoms with Gasteiger partial charge < -0.3 is 24.3 Å². The molecule has 0 bridgehead atoms. The van der Waals surface area contributed by atoms with Crippen molar-refractivity contribution in [2.75, 3.05) is 97.1 Å². The maximum atomic E-state index is 15.0. The van der Waals surface area contributed by atoms with Crippen molar-refractivity contribution < 1.29 is 35.9 Å². The number of methoxy groups -OCH3 is 1. The summed E-state index contributed by atoms with van der Waals surface area (Å²) in [5.41, 5.74) is 1.87. The molecular weight excluding hydrogens is 792 g/mol. The van der Waals surface area contributed by atoms with Crippen LogP contribution >= 0.6 is 0 Å². The Bertz CT molecular complexity index is 1950. The summed E-state index contributed by atoms with van der Waals surface area (Å²) in [4.78, 5) is 36.3. The molecule has 8 rings (SSSR count). The quantitative estimate of drug-likeness (QED) is 0.161. The second-order valence-corrected chi connectivity index (χ2v) is 20.8. The Balaban J connectivity index is 0.825. The third kappa shape index (κ3) is 9.32. The molecule has 60 heavy (non-hydrogen) atoms. The Hall–Kier alpha value is -3.46. The van der Waals surface area contributed by atoms with E-state index in [1.165, 1.54) is 24.5 Å². The van der Waals surface area contributed by atoms with Gasteiger partial charge in [-0.05, 0) is 118 Å². The topological polar surface area (TPSA) is 93.7 Å². The molecular formula is C46H62F3N5O5S. The smallest absolute Gasteiger partial charge is 0.305 e. The Kier molecular flexibility index (Phi) is 13.0. The van der Waals surface area contributed by atoms with Crippen LogP contribution in [-0.2, 0) is 29.6 Å². The van der Waals surface area contributed by atoms with Gasteiger partial charge in [0, 0.05) is 101 Å². The number of anilines is 1. The minimum atomic E-state index is -3.60. The largest absolute Gasteiger partial charge is 0.469 e. The number of piperidine rings is 2. The summed E-state index contributed by atoms with van der Waals surface area (Å²) in [7, 11) is -2.13. The van der Waals surface area contributed by atoms with Gasteiger partial charge in [0.15, 0.2) is 9.84 Å². The number of alkyl halides is 2. The van der Waals surface area contributed by atoms with Crippen molar-refractivity contribution in [1.82, 2.24) is 19.6 Å². The van der Waals surface area contributed by atoms with Gasteiger partial charge in [0.2, 0.25) is 5.91 Å². The van der Waals surface area contributed by atoms with Crippen LogP contribution in [0.5, 0.6) is 0 Å². The molecule has 2 aromatic rings.